The Balaban J connectivity index is 1.75. The number of hydrogen-bond donors (Lipinski definition) is 0. The lowest BCUT2D eigenvalue weighted by Gasteiger charge is -2.45. The Morgan fingerprint density at radius 3 is 0.469 bits per heavy atom. The molecule has 81 heavy (non-hydrogen) atoms. The Bertz CT molecular complexity index is 3280. The van der Waals surface area contributed by atoms with Gasteiger partial charge in [-0.05, 0) is 46.5 Å². The van der Waals surface area contributed by atoms with Crippen LogP contribution in [0.2, 0.25) is 0 Å². The molecule has 0 atom stereocenters. The lowest BCUT2D eigenvalue weighted by molar-refractivity contribution is -0.137. The van der Waals surface area contributed by atoms with Crippen molar-refractivity contribution in [1.82, 2.24) is 0 Å². The van der Waals surface area contributed by atoms with Crippen molar-refractivity contribution in [1.29, 1.82) is 0 Å². The maximum atomic E-state index is 17.6. The molecule has 0 nitrogen and oxygen atoms in total. The molecule has 0 heterocycles. The van der Waals surface area contributed by atoms with E-state index in [0.29, 0.717) is 48.5 Å². The first-order valence-corrected chi connectivity index (χ1v) is 21.8. The summed E-state index contributed by atoms with van der Waals surface area (Å²) in [6, 6.07) is 2.87. The molecule has 0 amide bonds. The molecule has 8 rings (SSSR count). The van der Waals surface area contributed by atoms with Gasteiger partial charge in [-0.25, -0.2) is 70.2 Å². The summed E-state index contributed by atoms with van der Waals surface area (Å²) in [4.78, 5) is 0. The van der Waals surface area contributed by atoms with Gasteiger partial charge < -0.3 is 0 Å². The minimum Gasteiger partial charge on any atom is -0.207 e. The zero-order valence-corrected chi connectivity index (χ0v) is 38.4. The molecule has 0 aliphatic heterocycles. The highest BCUT2D eigenvalue weighted by molar-refractivity contribution is 7.20. The van der Waals surface area contributed by atoms with Crippen molar-refractivity contribution >= 4 is 28.0 Å². The minimum absolute atomic E-state index is 0.0356. The molecule has 8 aromatic rings. The topological polar surface area (TPSA) is 0 Å². The van der Waals surface area contributed by atoms with Crippen LogP contribution in [0.5, 0.6) is 0 Å². The molecule has 0 spiro atoms. The van der Waals surface area contributed by atoms with E-state index < -0.39 is 213 Å². The minimum atomic E-state index is -7.88. The van der Waals surface area contributed by atoms with Gasteiger partial charge in [0.2, 0.25) is 0 Å². The van der Waals surface area contributed by atoms with Crippen LogP contribution in [0, 0.1) is 93.1 Å². The molecule has 0 saturated carbocycles. The summed E-state index contributed by atoms with van der Waals surface area (Å²) < 4.78 is 448. The van der Waals surface area contributed by atoms with Crippen LogP contribution in [-0.2, 0) is 24.7 Å². The van der Waals surface area contributed by atoms with Crippen molar-refractivity contribution in [2.24, 2.45) is 0 Å². The normalized spacial score (nSPS) is 12.7. The monoisotopic (exact) mass is 1180 g/mol. The molecule has 0 N–H and O–H groups in total. The largest absolute Gasteiger partial charge is 0.417 e. The molecule has 0 aliphatic rings. The van der Waals surface area contributed by atoms with E-state index >= 15 is 70.2 Å². The van der Waals surface area contributed by atoms with Gasteiger partial charge in [0.05, 0.1) is 44.5 Å². The second kappa shape index (κ2) is 20.1. The third-order valence-corrected chi connectivity index (χ3v) is 12.9. The van der Waals surface area contributed by atoms with Crippen LogP contribution in [-0.4, -0.2) is 6.15 Å². The van der Waals surface area contributed by atoms with E-state index in [9.17, 15) is 52.7 Å². The average Bonchev–Trinajstić information content (AvgIpc) is 3.40. The van der Waals surface area contributed by atoms with Crippen LogP contribution in [0.15, 0.2) is 97.1 Å². The van der Waals surface area contributed by atoms with Crippen LogP contribution in [0.1, 0.15) is 22.3 Å². The Hall–Kier alpha value is -8.14. The fourth-order valence-electron chi connectivity index (χ4n) is 9.72. The molecular weight excluding hydrogens is 1170 g/mol. The fourth-order valence-corrected chi connectivity index (χ4v) is 9.72. The van der Waals surface area contributed by atoms with Gasteiger partial charge in [0, 0.05) is 0 Å². The Morgan fingerprint density at radius 2 is 0.333 bits per heavy atom. The summed E-state index contributed by atoms with van der Waals surface area (Å²) in [5.74, 6) is -60.2. The lowest BCUT2D eigenvalue weighted by atomic mass is 9.12. The molecule has 0 aromatic heterocycles. The summed E-state index contributed by atoms with van der Waals surface area (Å²) in [6.45, 7) is 0. The van der Waals surface area contributed by atoms with Gasteiger partial charge in [-0.2, -0.15) is 52.7 Å². The average molecular weight is 1180 g/mol. The standard InChI is InChI=1S/C52H16BF28/c54-33-25(17-9-1-5-13-21(17)49(70,71)72)34(55)42(63)29(41(33)62)53(30-43(64)35(56)26(36(57)44(30)65)18-10-2-6-14-22(18)50(73,74)75,31-45(66)37(58)27(38(59)46(31)67)19-11-3-7-15-23(19)51(76,77)78)32-47(68)39(60)28(40(61)48(32)69)20-12-4-8-16-24(20)52(79,80)81/h1-16H/q-1. The van der Waals surface area contributed by atoms with Crippen molar-refractivity contribution in [2.75, 3.05) is 0 Å². The summed E-state index contributed by atoms with van der Waals surface area (Å²) in [7, 11) is 0. The zero-order chi connectivity index (χ0) is 60.3. The van der Waals surface area contributed by atoms with E-state index in [4.69, 9.17) is 0 Å². The predicted octanol–water partition coefficient (Wildman–Crippen LogP) is 16.0. The predicted molar refractivity (Wildman–Crippen MR) is 231 cm³/mol. The fraction of sp³-hybridized carbons (Fsp3) is 0.0769. The second-order valence-corrected chi connectivity index (χ2v) is 17.2. The van der Waals surface area contributed by atoms with Crippen LogP contribution >= 0.6 is 0 Å². The number of halogens is 28. The summed E-state index contributed by atoms with van der Waals surface area (Å²) in [5, 5.41) is 0. The van der Waals surface area contributed by atoms with Crippen LogP contribution in [0.4, 0.5) is 123 Å². The van der Waals surface area contributed by atoms with E-state index in [1.807, 2.05) is 0 Å². The van der Waals surface area contributed by atoms with E-state index in [1.165, 1.54) is 0 Å². The molecule has 29 heteroatoms. The summed E-state index contributed by atoms with van der Waals surface area (Å²) >= 11 is 0. The van der Waals surface area contributed by atoms with E-state index in [2.05, 4.69) is 0 Å². The number of hydrogen-bond acceptors (Lipinski definition) is 0. The first-order valence-electron chi connectivity index (χ1n) is 21.8. The molecule has 0 aliphatic carbocycles. The third kappa shape index (κ3) is 9.14. The summed E-state index contributed by atoms with van der Waals surface area (Å²) in [6.07, 6.45) is -31.4. The highest BCUT2D eigenvalue weighted by Crippen LogP contribution is 2.46. The number of benzene rings is 8. The Kier molecular flexibility index (Phi) is 14.7. The van der Waals surface area contributed by atoms with Crippen LogP contribution in [0.25, 0.3) is 44.5 Å². The molecule has 0 bridgehead atoms. The van der Waals surface area contributed by atoms with E-state index in [1.54, 1.807) is 0 Å². The molecule has 0 fully saturated rings. The second-order valence-electron chi connectivity index (χ2n) is 17.2. The highest BCUT2D eigenvalue weighted by Gasteiger charge is 2.53. The van der Waals surface area contributed by atoms with Crippen molar-refractivity contribution in [3.05, 3.63) is 212 Å². The van der Waals surface area contributed by atoms with Crippen LogP contribution < -0.4 is 21.9 Å². The van der Waals surface area contributed by atoms with Gasteiger partial charge in [0.25, 0.3) is 0 Å². The van der Waals surface area contributed by atoms with Crippen LogP contribution in [0.3, 0.4) is 0 Å². The van der Waals surface area contributed by atoms with Gasteiger partial charge in [-0.1, -0.05) is 72.8 Å². The van der Waals surface area contributed by atoms with Gasteiger partial charge >= 0.3 is 24.7 Å². The molecule has 424 valence electrons. The van der Waals surface area contributed by atoms with Crippen molar-refractivity contribution in [3.8, 4) is 44.5 Å². The van der Waals surface area contributed by atoms with Gasteiger partial charge in [-0.15, -0.1) is 21.9 Å². The molecule has 0 unspecified atom stereocenters. The number of rotatable bonds is 8. The maximum absolute atomic E-state index is 17.6. The molecule has 0 radical (unpaired) electrons. The first-order chi connectivity index (χ1) is 37.5. The third-order valence-electron chi connectivity index (χ3n) is 12.9. The Labute approximate surface area is 432 Å². The molecule has 0 saturated heterocycles. The van der Waals surface area contributed by atoms with Gasteiger partial charge in [0.15, 0.2) is 46.5 Å². The van der Waals surface area contributed by atoms with Gasteiger partial charge in [-0.3, -0.25) is 0 Å². The zero-order valence-electron chi connectivity index (χ0n) is 38.4. The van der Waals surface area contributed by atoms with E-state index in [0.717, 1.165) is 0 Å². The smallest absolute Gasteiger partial charge is 0.207 e. The van der Waals surface area contributed by atoms with Crippen molar-refractivity contribution < 1.29 is 123 Å². The quantitative estimate of drug-likeness (QED) is 0.0808. The molecule has 8 aromatic carbocycles. The Morgan fingerprint density at radius 1 is 0.198 bits per heavy atom. The van der Waals surface area contributed by atoms with Crippen molar-refractivity contribution in [2.45, 2.75) is 24.7 Å². The summed E-state index contributed by atoms with van der Waals surface area (Å²) in [5.41, 5.74) is -44.1. The molecular formula is C52H16BF28-. The van der Waals surface area contributed by atoms with Crippen molar-refractivity contribution in [3.63, 3.8) is 0 Å². The number of alkyl halides is 12. The van der Waals surface area contributed by atoms with E-state index in [-0.39, 0.29) is 48.5 Å². The SMILES string of the molecule is Fc1c(F)c([B-](c2c(F)c(F)c(-c3ccccc3C(F)(F)F)c(F)c2F)(c2c(F)c(F)c(-c3ccccc3C(F)(F)F)c(F)c2F)c2c(F)c(F)c(-c3ccccc3C(F)(F)F)c(F)c2F)c(F)c(F)c1-c1ccccc1C(F)(F)F. The first kappa shape index (κ1) is 59.0. The van der Waals surface area contributed by atoms with Gasteiger partial charge in [0.1, 0.15) is 52.7 Å². The maximum Gasteiger partial charge on any atom is 0.417 e. The highest BCUT2D eigenvalue weighted by atomic mass is 19.4. The lowest BCUT2D eigenvalue weighted by Crippen LogP contribution is -2.81.